The molecule has 1 saturated heterocycles. The van der Waals surface area contributed by atoms with Gasteiger partial charge in [0.25, 0.3) is 10.2 Å². The van der Waals surface area contributed by atoms with Crippen LogP contribution in [0.2, 0.25) is 0 Å². The van der Waals surface area contributed by atoms with Crippen LogP contribution in [-0.4, -0.2) is 57.3 Å². The van der Waals surface area contributed by atoms with Crippen LogP contribution in [-0.2, 0) is 14.9 Å². The molecule has 7 heteroatoms. The van der Waals surface area contributed by atoms with Crippen LogP contribution < -0.4 is 4.72 Å². The van der Waals surface area contributed by atoms with Crippen LogP contribution in [0.5, 0.6) is 0 Å². The quantitative estimate of drug-likeness (QED) is 0.611. The molecular weight excluding hydrogens is 256 g/mol. The van der Waals surface area contributed by atoms with Crippen molar-refractivity contribution in [3.8, 4) is 0 Å². The minimum atomic E-state index is -3.40. The molecule has 0 aromatic rings. The second-order valence-electron chi connectivity index (χ2n) is 4.50. The highest BCUT2D eigenvalue weighted by molar-refractivity contribution is 7.87. The van der Waals surface area contributed by atoms with E-state index in [1.165, 1.54) is 4.31 Å². The summed E-state index contributed by atoms with van der Waals surface area (Å²) < 4.78 is 33.1. The summed E-state index contributed by atoms with van der Waals surface area (Å²) in [4.78, 5) is 0. The highest BCUT2D eigenvalue weighted by atomic mass is 32.2. The number of rotatable bonds is 8. The molecule has 0 amide bonds. The standard InChI is InChI=1S/C11H24N2O4S/c1-2-17-8-4-6-12-18(15,16)13-7-3-5-11(9-13)10-14/h11-12,14H,2-10H2,1H3. The Kier molecular flexibility index (Phi) is 7.10. The topological polar surface area (TPSA) is 78.9 Å². The number of nitrogens with one attached hydrogen (secondary N) is 1. The summed E-state index contributed by atoms with van der Waals surface area (Å²) in [5, 5.41) is 9.09. The molecule has 1 aliphatic rings. The van der Waals surface area contributed by atoms with Gasteiger partial charge in [0.15, 0.2) is 0 Å². The van der Waals surface area contributed by atoms with E-state index in [1.807, 2.05) is 6.92 Å². The molecule has 1 rings (SSSR count). The minimum Gasteiger partial charge on any atom is -0.396 e. The summed E-state index contributed by atoms with van der Waals surface area (Å²) in [6, 6.07) is 0. The van der Waals surface area contributed by atoms with Crippen LogP contribution in [0, 0.1) is 5.92 Å². The number of nitrogens with zero attached hydrogens (tertiary/aromatic N) is 1. The SMILES string of the molecule is CCOCCCNS(=O)(=O)N1CCCC(CO)C1. The summed E-state index contributed by atoms with van der Waals surface area (Å²) >= 11 is 0. The van der Waals surface area contributed by atoms with Crippen molar-refractivity contribution in [2.24, 2.45) is 5.92 Å². The molecule has 1 heterocycles. The molecule has 0 bridgehead atoms. The van der Waals surface area contributed by atoms with Crippen LogP contribution in [0.1, 0.15) is 26.2 Å². The predicted molar refractivity (Wildman–Crippen MR) is 69.4 cm³/mol. The van der Waals surface area contributed by atoms with Crippen molar-refractivity contribution in [3.63, 3.8) is 0 Å². The first kappa shape index (κ1) is 15.8. The molecule has 1 atom stereocenters. The fourth-order valence-electron chi connectivity index (χ4n) is 2.01. The van der Waals surface area contributed by atoms with E-state index in [0.29, 0.717) is 39.3 Å². The van der Waals surface area contributed by atoms with Gasteiger partial charge in [0.2, 0.25) is 0 Å². The summed E-state index contributed by atoms with van der Waals surface area (Å²) in [7, 11) is -3.40. The van der Waals surface area contributed by atoms with Gasteiger partial charge in [0.1, 0.15) is 0 Å². The Morgan fingerprint density at radius 1 is 1.50 bits per heavy atom. The van der Waals surface area contributed by atoms with Gasteiger partial charge < -0.3 is 9.84 Å². The molecule has 0 aliphatic carbocycles. The number of ether oxygens (including phenoxy) is 1. The molecule has 18 heavy (non-hydrogen) atoms. The Labute approximate surface area is 109 Å². The molecule has 0 radical (unpaired) electrons. The van der Waals surface area contributed by atoms with Gasteiger partial charge >= 0.3 is 0 Å². The Morgan fingerprint density at radius 2 is 2.28 bits per heavy atom. The molecule has 0 aromatic carbocycles. The van der Waals surface area contributed by atoms with Gasteiger partial charge in [-0.05, 0) is 32.1 Å². The van der Waals surface area contributed by atoms with E-state index in [1.54, 1.807) is 0 Å². The maximum atomic E-state index is 12.0. The number of piperidine rings is 1. The Hall–Kier alpha value is -0.210. The highest BCUT2D eigenvalue weighted by Crippen LogP contribution is 2.17. The van der Waals surface area contributed by atoms with Gasteiger partial charge in [-0.3, -0.25) is 0 Å². The van der Waals surface area contributed by atoms with Crippen molar-refractivity contribution in [1.29, 1.82) is 0 Å². The first-order valence-corrected chi connectivity index (χ1v) is 7.97. The van der Waals surface area contributed by atoms with E-state index >= 15 is 0 Å². The Bertz CT molecular complexity index is 321. The molecule has 2 N–H and O–H groups in total. The second kappa shape index (κ2) is 8.06. The van der Waals surface area contributed by atoms with E-state index in [0.717, 1.165) is 12.8 Å². The molecule has 1 aliphatic heterocycles. The fraction of sp³-hybridized carbons (Fsp3) is 1.00. The van der Waals surface area contributed by atoms with Crippen LogP contribution in [0.15, 0.2) is 0 Å². The number of aliphatic hydroxyl groups excluding tert-OH is 1. The molecule has 0 saturated carbocycles. The van der Waals surface area contributed by atoms with Gasteiger partial charge in [-0.1, -0.05) is 0 Å². The van der Waals surface area contributed by atoms with Crippen molar-refractivity contribution in [1.82, 2.24) is 9.03 Å². The van der Waals surface area contributed by atoms with E-state index in [-0.39, 0.29) is 12.5 Å². The fourth-order valence-corrected chi connectivity index (χ4v) is 3.37. The molecule has 6 nitrogen and oxygen atoms in total. The van der Waals surface area contributed by atoms with Gasteiger partial charge in [0, 0.05) is 39.5 Å². The molecule has 108 valence electrons. The average molecular weight is 280 g/mol. The summed E-state index contributed by atoms with van der Waals surface area (Å²) in [5.41, 5.74) is 0. The number of hydrogen-bond acceptors (Lipinski definition) is 4. The van der Waals surface area contributed by atoms with Crippen molar-refractivity contribution in [2.75, 3.05) is 39.5 Å². The lowest BCUT2D eigenvalue weighted by molar-refractivity contribution is 0.145. The molecular formula is C11H24N2O4S. The summed E-state index contributed by atoms with van der Waals surface area (Å²) in [6.07, 6.45) is 2.38. The third-order valence-electron chi connectivity index (χ3n) is 3.03. The van der Waals surface area contributed by atoms with Crippen molar-refractivity contribution in [2.45, 2.75) is 26.2 Å². The third-order valence-corrected chi connectivity index (χ3v) is 4.61. The van der Waals surface area contributed by atoms with Crippen LogP contribution in [0.25, 0.3) is 0 Å². The first-order chi connectivity index (χ1) is 8.60. The largest absolute Gasteiger partial charge is 0.396 e. The first-order valence-electron chi connectivity index (χ1n) is 6.53. The zero-order valence-corrected chi connectivity index (χ0v) is 11.8. The van der Waals surface area contributed by atoms with Crippen molar-refractivity contribution in [3.05, 3.63) is 0 Å². The van der Waals surface area contributed by atoms with E-state index < -0.39 is 10.2 Å². The monoisotopic (exact) mass is 280 g/mol. The van der Waals surface area contributed by atoms with Crippen LogP contribution in [0.3, 0.4) is 0 Å². The van der Waals surface area contributed by atoms with Gasteiger partial charge in [0.05, 0.1) is 0 Å². The third kappa shape index (κ3) is 5.19. The van der Waals surface area contributed by atoms with Gasteiger partial charge in [-0.2, -0.15) is 12.7 Å². The van der Waals surface area contributed by atoms with E-state index in [9.17, 15) is 8.42 Å². The van der Waals surface area contributed by atoms with E-state index in [4.69, 9.17) is 9.84 Å². The van der Waals surface area contributed by atoms with Crippen LogP contribution >= 0.6 is 0 Å². The van der Waals surface area contributed by atoms with Crippen LogP contribution in [0.4, 0.5) is 0 Å². The van der Waals surface area contributed by atoms with Gasteiger partial charge in [-0.15, -0.1) is 0 Å². The Balaban J connectivity index is 2.33. The number of aliphatic hydroxyl groups is 1. The summed E-state index contributed by atoms with van der Waals surface area (Å²) in [5.74, 6) is 0.0683. The zero-order chi connectivity index (χ0) is 13.4. The lowest BCUT2D eigenvalue weighted by atomic mass is 10.0. The Morgan fingerprint density at radius 3 is 2.94 bits per heavy atom. The molecule has 0 aromatic heterocycles. The molecule has 1 fully saturated rings. The maximum Gasteiger partial charge on any atom is 0.279 e. The normalized spacial score (nSPS) is 22.2. The lowest BCUT2D eigenvalue weighted by Gasteiger charge is -2.30. The van der Waals surface area contributed by atoms with Gasteiger partial charge in [-0.25, -0.2) is 4.72 Å². The maximum absolute atomic E-state index is 12.0. The highest BCUT2D eigenvalue weighted by Gasteiger charge is 2.27. The number of hydrogen-bond donors (Lipinski definition) is 2. The molecule has 1 unspecified atom stereocenters. The zero-order valence-electron chi connectivity index (χ0n) is 11.0. The van der Waals surface area contributed by atoms with Crippen molar-refractivity contribution < 1.29 is 18.3 Å². The minimum absolute atomic E-state index is 0.0519. The average Bonchev–Trinajstić information content (AvgIpc) is 2.38. The second-order valence-corrected chi connectivity index (χ2v) is 6.25. The smallest absolute Gasteiger partial charge is 0.279 e. The lowest BCUT2D eigenvalue weighted by Crippen LogP contribution is -2.46. The summed E-state index contributed by atoms with van der Waals surface area (Å²) in [6.45, 7) is 4.52. The predicted octanol–water partition coefficient (Wildman–Crippen LogP) is -0.0483. The molecule has 0 spiro atoms. The van der Waals surface area contributed by atoms with Crippen molar-refractivity contribution >= 4 is 10.2 Å². The van der Waals surface area contributed by atoms with E-state index in [2.05, 4.69) is 4.72 Å².